The van der Waals surface area contributed by atoms with Crippen LogP contribution in [0.1, 0.15) is 29.3 Å². The van der Waals surface area contributed by atoms with E-state index in [1.54, 1.807) is 30.1 Å². The third-order valence-electron chi connectivity index (χ3n) is 2.80. The number of rotatable bonds is 6. The van der Waals surface area contributed by atoms with Crippen LogP contribution in [0.25, 0.3) is 0 Å². The van der Waals surface area contributed by atoms with Gasteiger partial charge in [-0.25, -0.2) is 0 Å². The summed E-state index contributed by atoms with van der Waals surface area (Å²) in [6.45, 7) is 3.00. The van der Waals surface area contributed by atoms with E-state index < -0.39 is 0 Å². The Hall–Kier alpha value is -1.88. The van der Waals surface area contributed by atoms with E-state index in [4.69, 9.17) is 5.73 Å². The third kappa shape index (κ3) is 4.37. The van der Waals surface area contributed by atoms with Crippen LogP contribution in [0.3, 0.4) is 0 Å². The fraction of sp³-hybridized carbons (Fsp3) is 0.429. The zero-order valence-electron chi connectivity index (χ0n) is 11.5. The molecule has 0 fully saturated rings. The maximum atomic E-state index is 12.4. The quantitative estimate of drug-likeness (QED) is 0.795. The summed E-state index contributed by atoms with van der Waals surface area (Å²) in [5.41, 5.74) is 7.04. The molecule has 0 unspecified atom stereocenters. The molecule has 5 nitrogen and oxygen atoms in total. The minimum Gasteiger partial charge on any atom is -0.358 e. The lowest BCUT2D eigenvalue weighted by Crippen LogP contribution is -2.40. The first-order valence-corrected chi connectivity index (χ1v) is 6.41. The van der Waals surface area contributed by atoms with Crippen LogP contribution in [0.2, 0.25) is 0 Å². The van der Waals surface area contributed by atoms with Crippen molar-refractivity contribution >= 4 is 11.8 Å². The smallest absolute Gasteiger partial charge is 0.254 e. The van der Waals surface area contributed by atoms with E-state index in [2.05, 4.69) is 5.32 Å². The Morgan fingerprint density at radius 3 is 2.68 bits per heavy atom. The van der Waals surface area contributed by atoms with Gasteiger partial charge < -0.3 is 16.0 Å². The van der Waals surface area contributed by atoms with Crippen molar-refractivity contribution < 1.29 is 9.59 Å². The zero-order chi connectivity index (χ0) is 14.3. The largest absolute Gasteiger partial charge is 0.358 e. The number of nitrogens with one attached hydrogen (secondary N) is 1. The van der Waals surface area contributed by atoms with Gasteiger partial charge >= 0.3 is 0 Å². The Labute approximate surface area is 113 Å². The molecule has 0 heterocycles. The lowest BCUT2D eigenvalue weighted by molar-refractivity contribution is -0.121. The summed E-state index contributed by atoms with van der Waals surface area (Å²) in [6, 6.07) is 7.20. The van der Waals surface area contributed by atoms with Gasteiger partial charge in [0.15, 0.2) is 0 Å². The van der Waals surface area contributed by atoms with Crippen LogP contribution in [0.5, 0.6) is 0 Å². The van der Waals surface area contributed by atoms with Crippen LogP contribution in [0.4, 0.5) is 0 Å². The Balaban J connectivity index is 2.88. The molecule has 5 heteroatoms. The van der Waals surface area contributed by atoms with Crippen molar-refractivity contribution in [2.45, 2.75) is 19.9 Å². The topological polar surface area (TPSA) is 75.4 Å². The highest BCUT2D eigenvalue weighted by Gasteiger charge is 2.17. The second-order valence-electron chi connectivity index (χ2n) is 4.30. The van der Waals surface area contributed by atoms with Crippen LogP contribution in [0, 0.1) is 0 Å². The molecule has 0 aliphatic carbocycles. The molecule has 1 aromatic carbocycles. The first-order chi connectivity index (χ1) is 9.12. The number of hydrogen-bond donors (Lipinski definition) is 2. The Kier molecular flexibility index (Phi) is 6.02. The van der Waals surface area contributed by atoms with Crippen molar-refractivity contribution in [2.75, 3.05) is 20.1 Å². The number of carbonyl (C=O) groups is 2. The van der Waals surface area contributed by atoms with Crippen LogP contribution < -0.4 is 11.1 Å². The lowest BCUT2D eigenvalue weighted by atomic mass is 10.1. The van der Waals surface area contributed by atoms with Crippen molar-refractivity contribution in [3.05, 3.63) is 35.4 Å². The van der Waals surface area contributed by atoms with Crippen molar-refractivity contribution in [1.82, 2.24) is 10.2 Å². The van der Waals surface area contributed by atoms with Gasteiger partial charge in [-0.1, -0.05) is 19.1 Å². The molecule has 1 rings (SSSR count). The summed E-state index contributed by atoms with van der Waals surface area (Å²) in [6.07, 6.45) is 0.805. The normalized spacial score (nSPS) is 10.1. The molecule has 0 aromatic heterocycles. The number of nitrogens with two attached hydrogens (primary N) is 1. The molecule has 19 heavy (non-hydrogen) atoms. The second-order valence-corrected chi connectivity index (χ2v) is 4.30. The number of carbonyl (C=O) groups excluding carboxylic acids is 2. The summed E-state index contributed by atoms with van der Waals surface area (Å²) in [5.74, 6) is -0.308. The Bertz CT molecular complexity index is 446. The third-order valence-corrected chi connectivity index (χ3v) is 2.80. The average molecular weight is 263 g/mol. The average Bonchev–Trinajstić information content (AvgIpc) is 2.45. The highest BCUT2D eigenvalue weighted by molar-refractivity contribution is 5.96. The maximum Gasteiger partial charge on any atom is 0.254 e. The van der Waals surface area contributed by atoms with Crippen molar-refractivity contribution in [3.63, 3.8) is 0 Å². The van der Waals surface area contributed by atoms with E-state index in [1.165, 1.54) is 0 Å². The fourth-order valence-corrected chi connectivity index (χ4v) is 1.79. The molecule has 1 aromatic rings. The number of likely N-dealkylation sites (N-methyl/N-ethyl adjacent to an activating group) is 1. The predicted octanol–water partition coefficient (Wildman–Crippen LogP) is 0.743. The molecule has 0 spiro atoms. The van der Waals surface area contributed by atoms with Crippen LogP contribution in [0.15, 0.2) is 24.3 Å². The van der Waals surface area contributed by atoms with Gasteiger partial charge in [0.1, 0.15) is 0 Å². The lowest BCUT2D eigenvalue weighted by Gasteiger charge is -2.21. The highest BCUT2D eigenvalue weighted by atomic mass is 16.2. The summed E-state index contributed by atoms with van der Waals surface area (Å²) in [7, 11) is 1.56. The van der Waals surface area contributed by atoms with E-state index in [-0.39, 0.29) is 18.4 Å². The minimum atomic E-state index is -0.170. The van der Waals surface area contributed by atoms with E-state index in [9.17, 15) is 9.59 Å². The van der Waals surface area contributed by atoms with Crippen molar-refractivity contribution in [1.29, 1.82) is 0 Å². The number of nitrogens with zero attached hydrogens (tertiary/aromatic N) is 1. The summed E-state index contributed by atoms with van der Waals surface area (Å²) in [4.78, 5) is 25.3. The van der Waals surface area contributed by atoms with Gasteiger partial charge in [0.2, 0.25) is 5.91 Å². The van der Waals surface area contributed by atoms with E-state index in [0.29, 0.717) is 18.7 Å². The molecule has 3 N–H and O–H groups in total. The molecular formula is C14H21N3O2. The first-order valence-electron chi connectivity index (χ1n) is 6.41. The van der Waals surface area contributed by atoms with Crippen LogP contribution >= 0.6 is 0 Å². The molecular weight excluding hydrogens is 242 g/mol. The minimum absolute atomic E-state index is 0.0794. The fourth-order valence-electron chi connectivity index (χ4n) is 1.79. The summed E-state index contributed by atoms with van der Waals surface area (Å²) < 4.78 is 0. The molecule has 0 bridgehead atoms. The number of amides is 2. The molecule has 104 valence electrons. The molecule has 0 aliphatic heterocycles. The van der Waals surface area contributed by atoms with E-state index in [0.717, 1.165) is 12.0 Å². The highest BCUT2D eigenvalue weighted by Crippen LogP contribution is 2.09. The van der Waals surface area contributed by atoms with Crippen LogP contribution in [-0.2, 0) is 11.3 Å². The van der Waals surface area contributed by atoms with Gasteiger partial charge in [-0.3, -0.25) is 9.59 Å². The number of hydrogen-bond acceptors (Lipinski definition) is 3. The van der Waals surface area contributed by atoms with Crippen molar-refractivity contribution in [2.24, 2.45) is 5.73 Å². The van der Waals surface area contributed by atoms with Crippen LogP contribution in [-0.4, -0.2) is 36.9 Å². The standard InChI is InChI=1S/C14H21N3O2/c1-3-7-17(10-13(18)16-2)14(19)12-6-4-5-11(8-12)9-15/h4-6,8H,3,7,9-10,15H2,1-2H3,(H,16,18). The molecule has 0 aliphatic rings. The monoisotopic (exact) mass is 263 g/mol. The van der Waals surface area contributed by atoms with Crippen molar-refractivity contribution in [3.8, 4) is 0 Å². The summed E-state index contributed by atoms with van der Waals surface area (Å²) in [5, 5.41) is 2.53. The zero-order valence-corrected chi connectivity index (χ0v) is 11.5. The van der Waals surface area contributed by atoms with Gasteiger partial charge in [0.05, 0.1) is 6.54 Å². The molecule has 0 radical (unpaired) electrons. The molecule has 0 atom stereocenters. The second kappa shape index (κ2) is 7.53. The van der Waals surface area contributed by atoms with Gasteiger partial charge in [-0.05, 0) is 24.1 Å². The molecule has 0 saturated heterocycles. The Morgan fingerprint density at radius 1 is 1.37 bits per heavy atom. The molecule has 2 amide bonds. The Morgan fingerprint density at radius 2 is 2.11 bits per heavy atom. The van der Waals surface area contributed by atoms with E-state index >= 15 is 0 Å². The molecule has 0 saturated carbocycles. The van der Waals surface area contributed by atoms with Gasteiger partial charge in [0.25, 0.3) is 5.91 Å². The summed E-state index contributed by atoms with van der Waals surface area (Å²) >= 11 is 0. The SMILES string of the molecule is CCCN(CC(=O)NC)C(=O)c1cccc(CN)c1. The van der Waals surface area contributed by atoms with E-state index in [1.807, 2.05) is 13.0 Å². The number of benzene rings is 1. The predicted molar refractivity (Wildman–Crippen MR) is 74.6 cm³/mol. The van der Waals surface area contributed by atoms with Gasteiger partial charge in [-0.15, -0.1) is 0 Å². The van der Waals surface area contributed by atoms with Gasteiger partial charge in [0, 0.05) is 25.7 Å². The first kappa shape index (κ1) is 15.2. The van der Waals surface area contributed by atoms with Gasteiger partial charge in [-0.2, -0.15) is 0 Å². The maximum absolute atomic E-state index is 12.4.